The minimum absolute atomic E-state index is 0.251. The van der Waals surface area contributed by atoms with Gasteiger partial charge in [0.05, 0.1) is 17.9 Å². The van der Waals surface area contributed by atoms with E-state index in [1.165, 1.54) is 11.3 Å². The minimum atomic E-state index is 0.251. The van der Waals surface area contributed by atoms with Crippen molar-refractivity contribution in [3.8, 4) is 0 Å². The second-order valence-electron chi connectivity index (χ2n) is 7.06. The summed E-state index contributed by atoms with van der Waals surface area (Å²) in [4.78, 5) is 21.7. The fourth-order valence-corrected chi connectivity index (χ4v) is 4.24. The van der Waals surface area contributed by atoms with Crippen LogP contribution in [0.2, 0.25) is 9.49 Å². The number of amides is 1. The van der Waals surface area contributed by atoms with Crippen LogP contribution < -0.4 is 10.2 Å². The van der Waals surface area contributed by atoms with E-state index >= 15 is 0 Å². The third kappa shape index (κ3) is 5.50. The molecule has 0 unspecified atom stereocenters. The molecule has 3 rings (SSSR count). The number of halogens is 2. The van der Waals surface area contributed by atoms with Gasteiger partial charge in [-0.25, -0.2) is 4.98 Å². The van der Waals surface area contributed by atoms with E-state index in [4.69, 9.17) is 23.2 Å². The molecule has 1 N–H and O–H groups in total. The maximum atomic E-state index is 12.3. The Morgan fingerprint density at radius 1 is 1.26 bits per heavy atom. The smallest absolute Gasteiger partial charge is 0.222 e. The number of thiazole rings is 1. The normalized spacial score (nSPS) is 14.7. The van der Waals surface area contributed by atoms with E-state index in [0.717, 1.165) is 42.4 Å². The Hall–Kier alpha value is -1.50. The van der Waals surface area contributed by atoms with Crippen LogP contribution in [0.1, 0.15) is 25.1 Å². The molecule has 8 heteroatoms. The number of hydrogen-bond donors (Lipinski definition) is 1. The second-order valence-corrected chi connectivity index (χ2v) is 9.19. The number of carbonyl (C=O) groups is 1. The van der Waals surface area contributed by atoms with Gasteiger partial charge in [-0.3, -0.25) is 4.79 Å². The molecule has 0 radical (unpaired) electrons. The standard InChI is InChI=1S/C19H24Cl2N4OS/c1-13(2)9-18(26)25-7-5-24(6-8-25)17-4-3-14(20)10-16(17)22-11-15-12-23-19(21)27-15/h3-4,10,12-13,22H,5-9,11H2,1-2H3. The Balaban J connectivity index is 1.65. The molecule has 0 aliphatic carbocycles. The molecule has 5 nitrogen and oxygen atoms in total. The van der Waals surface area contributed by atoms with E-state index in [2.05, 4.69) is 29.0 Å². The zero-order valence-electron chi connectivity index (χ0n) is 15.5. The molecule has 1 amide bonds. The SMILES string of the molecule is CC(C)CC(=O)N1CCN(c2ccc(Cl)cc2NCc2cnc(Cl)s2)CC1. The molecule has 0 bridgehead atoms. The van der Waals surface area contributed by atoms with Crippen molar-refractivity contribution in [2.24, 2.45) is 5.92 Å². The predicted molar refractivity (Wildman–Crippen MR) is 114 cm³/mol. The number of piperazine rings is 1. The van der Waals surface area contributed by atoms with Crippen LogP contribution in [0, 0.1) is 5.92 Å². The van der Waals surface area contributed by atoms with E-state index in [9.17, 15) is 4.79 Å². The molecule has 0 saturated carbocycles. The summed E-state index contributed by atoms with van der Waals surface area (Å²) in [7, 11) is 0. The lowest BCUT2D eigenvalue weighted by molar-refractivity contribution is -0.132. The van der Waals surface area contributed by atoms with E-state index in [-0.39, 0.29) is 5.91 Å². The fourth-order valence-electron chi connectivity index (χ4n) is 3.15. The van der Waals surface area contributed by atoms with Gasteiger partial charge in [0.2, 0.25) is 5.91 Å². The van der Waals surface area contributed by atoms with E-state index in [0.29, 0.717) is 28.4 Å². The molecular weight excluding hydrogens is 403 g/mol. The Labute approximate surface area is 174 Å². The largest absolute Gasteiger partial charge is 0.378 e. The molecule has 2 heterocycles. The van der Waals surface area contributed by atoms with Crippen molar-refractivity contribution in [2.75, 3.05) is 36.4 Å². The molecule has 1 aromatic heterocycles. The van der Waals surface area contributed by atoms with Crippen molar-refractivity contribution >= 4 is 51.8 Å². The molecule has 1 saturated heterocycles. The van der Waals surface area contributed by atoms with Crippen LogP contribution in [0.5, 0.6) is 0 Å². The van der Waals surface area contributed by atoms with Crippen LogP contribution in [0.4, 0.5) is 11.4 Å². The average Bonchev–Trinajstić information content (AvgIpc) is 3.05. The first-order valence-electron chi connectivity index (χ1n) is 9.08. The summed E-state index contributed by atoms with van der Waals surface area (Å²) in [6.07, 6.45) is 2.40. The molecule has 1 fully saturated rings. The summed E-state index contributed by atoms with van der Waals surface area (Å²) in [5.74, 6) is 0.643. The topological polar surface area (TPSA) is 48.5 Å². The highest BCUT2D eigenvalue weighted by Gasteiger charge is 2.23. The van der Waals surface area contributed by atoms with Crippen LogP contribution in [0.15, 0.2) is 24.4 Å². The lowest BCUT2D eigenvalue weighted by atomic mass is 10.1. The summed E-state index contributed by atoms with van der Waals surface area (Å²) < 4.78 is 0.542. The Morgan fingerprint density at radius 3 is 2.63 bits per heavy atom. The van der Waals surface area contributed by atoms with Gasteiger partial charge in [-0.05, 0) is 24.1 Å². The van der Waals surface area contributed by atoms with Gasteiger partial charge in [0.1, 0.15) is 0 Å². The fraction of sp³-hybridized carbons (Fsp3) is 0.474. The molecular formula is C19H24Cl2N4OS. The van der Waals surface area contributed by atoms with Crippen molar-refractivity contribution in [3.63, 3.8) is 0 Å². The van der Waals surface area contributed by atoms with Crippen molar-refractivity contribution in [2.45, 2.75) is 26.8 Å². The number of benzene rings is 1. The molecule has 146 valence electrons. The highest BCUT2D eigenvalue weighted by Crippen LogP contribution is 2.31. The van der Waals surface area contributed by atoms with E-state index < -0.39 is 0 Å². The van der Waals surface area contributed by atoms with Crippen LogP contribution in [0.25, 0.3) is 0 Å². The summed E-state index contributed by atoms with van der Waals surface area (Å²) in [5.41, 5.74) is 2.08. The quantitative estimate of drug-likeness (QED) is 0.723. The molecule has 2 aromatic rings. The molecule has 0 atom stereocenters. The summed E-state index contributed by atoms with van der Waals surface area (Å²) >= 11 is 13.6. The number of nitrogens with one attached hydrogen (secondary N) is 1. The van der Waals surface area contributed by atoms with Gasteiger partial charge in [-0.15, -0.1) is 11.3 Å². The van der Waals surface area contributed by atoms with Crippen LogP contribution >= 0.6 is 34.5 Å². The molecule has 0 spiro atoms. The Bertz CT molecular complexity index is 788. The van der Waals surface area contributed by atoms with Gasteiger partial charge in [-0.1, -0.05) is 37.0 Å². The number of aromatic nitrogens is 1. The van der Waals surface area contributed by atoms with Crippen molar-refractivity contribution in [1.82, 2.24) is 9.88 Å². The maximum absolute atomic E-state index is 12.3. The highest BCUT2D eigenvalue weighted by molar-refractivity contribution is 7.15. The lowest BCUT2D eigenvalue weighted by Gasteiger charge is -2.37. The van der Waals surface area contributed by atoms with Crippen LogP contribution in [-0.4, -0.2) is 42.0 Å². The first kappa shape index (κ1) is 20.2. The number of anilines is 2. The zero-order chi connectivity index (χ0) is 19.4. The monoisotopic (exact) mass is 426 g/mol. The number of carbonyl (C=O) groups excluding carboxylic acids is 1. The average molecular weight is 427 g/mol. The van der Waals surface area contributed by atoms with Gasteiger partial charge in [-0.2, -0.15) is 0 Å². The summed E-state index contributed by atoms with van der Waals surface area (Å²) in [5, 5.41) is 4.14. The Kier molecular flexibility index (Phi) is 6.84. The van der Waals surface area contributed by atoms with Gasteiger partial charge >= 0.3 is 0 Å². The third-order valence-electron chi connectivity index (χ3n) is 4.49. The predicted octanol–water partition coefficient (Wildman–Crippen LogP) is 4.76. The van der Waals surface area contributed by atoms with E-state index in [1.807, 2.05) is 23.1 Å². The number of hydrogen-bond acceptors (Lipinski definition) is 5. The highest BCUT2D eigenvalue weighted by atomic mass is 35.5. The van der Waals surface area contributed by atoms with E-state index in [1.54, 1.807) is 6.20 Å². The Morgan fingerprint density at radius 2 is 2.00 bits per heavy atom. The van der Waals surface area contributed by atoms with Gasteiger partial charge < -0.3 is 15.1 Å². The van der Waals surface area contributed by atoms with Crippen LogP contribution in [-0.2, 0) is 11.3 Å². The molecule has 1 aromatic carbocycles. The third-order valence-corrected chi connectivity index (χ3v) is 5.84. The van der Waals surface area contributed by atoms with Crippen LogP contribution in [0.3, 0.4) is 0 Å². The summed E-state index contributed by atoms with van der Waals surface area (Å²) in [6.45, 7) is 7.92. The van der Waals surface area contributed by atoms with Gasteiger partial charge in [0, 0.05) is 48.7 Å². The van der Waals surface area contributed by atoms with Crippen molar-refractivity contribution in [1.29, 1.82) is 0 Å². The van der Waals surface area contributed by atoms with Gasteiger partial charge in [0.15, 0.2) is 4.47 Å². The first-order valence-corrected chi connectivity index (χ1v) is 10.7. The first-order chi connectivity index (χ1) is 12.9. The second kappa shape index (κ2) is 9.13. The molecule has 1 aliphatic heterocycles. The minimum Gasteiger partial charge on any atom is -0.378 e. The van der Waals surface area contributed by atoms with Gasteiger partial charge in [0.25, 0.3) is 0 Å². The van der Waals surface area contributed by atoms with Crippen molar-refractivity contribution < 1.29 is 4.79 Å². The molecule has 27 heavy (non-hydrogen) atoms. The number of rotatable bonds is 6. The number of nitrogens with zero attached hydrogens (tertiary/aromatic N) is 3. The summed E-state index contributed by atoms with van der Waals surface area (Å²) in [6, 6.07) is 5.88. The molecule has 1 aliphatic rings. The maximum Gasteiger partial charge on any atom is 0.222 e. The zero-order valence-corrected chi connectivity index (χ0v) is 17.9. The lowest BCUT2D eigenvalue weighted by Crippen LogP contribution is -2.49. The van der Waals surface area contributed by atoms with Crippen molar-refractivity contribution in [3.05, 3.63) is 38.8 Å².